The molecule has 2 aliphatic rings. The third-order valence-electron chi connectivity index (χ3n) is 2.83. The van der Waals surface area contributed by atoms with E-state index >= 15 is 0 Å². The second-order valence-corrected chi connectivity index (χ2v) is 6.43. The molecule has 2 aliphatic heterocycles. The van der Waals surface area contributed by atoms with E-state index in [-0.39, 0.29) is 15.9 Å². The zero-order valence-electron chi connectivity index (χ0n) is 6.16. The van der Waals surface area contributed by atoms with Gasteiger partial charge in [0.1, 0.15) is 0 Å². The number of alkyl halides is 1. The highest BCUT2D eigenvalue weighted by atomic mass is 35.5. The quantitative estimate of drug-likeness (QED) is 0.546. The summed E-state index contributed by atoms with van der Waals surface area (Å²) in [5.41, 5.74) is 0. The van der Waals surface area contributed by atoms with Crippen LogP contribution in [-0.2, 0) is 9.84 Å². The van der Waals surface area contributed by atoms with Gasteiger partial charge in [-0.05, 0) is 25.7 Å². The van der Waals surface area contributed by atoms with Crippen LogP contribution in [0.5, 0.6) is 0 Å². The number of hydrogen-bond donors (Lipinski definition) is 0. The van der Waals surface area contributed by atoms with Crippen LogP contribution < -0.4 is 0 Å². The van der Waals surface area contributed by atoms with Crippen LogP contribution >= 0.6 is 11.6 Å². The molecular formula is C7H11ClO2S. The summed E-state index contributed by atoms with van der Waals surface area (Å²) in [6.07, 6.45) is 3.31. The maximum Gasteiger partial charge on any atom is 0.157 e. The summed E-state index contributed by atoms with van der Waals surface area (Å²) in [7, 11) is -2.81. The number of rotatable bonds is 0. The smallest absolute Gasteiger partial charge is 0.157 e. The summed E-state index contributed by atoms with van der Waals surface area (Å²) in [4.78, 5) is 0. The van der Waals surface area contributed by atoms with Crippen LogP contribution in [0.1, 0.15) is 25.7 Å². The molecule has 0 radical (unpaired) electrons. The van der Waals surface area contributed by atoms with Crippen molar-refractivity contribution in [3.63, 3.8) is 0 Å². The Balaban J connectivity index is 2.39. The molecule has 2 bridgehead atoms. The van der Waals surface area contributed by atoms with Gasteiger partial charge in [-0.2, -0.15) is 0 Å². The molecule has 4 heteroatoms. The molecule has 3 unspecified atom stereocenters. The lowest BCUT2D eigenvalue weighted by atomic mass is 10.2. The van der Waals surface area contributed by atoms with Gasteiger partial charge in [0.15, 0.2) is 9.84 Å². The predicted octanol–water partition coefficient (Wildman–Crippen LogP) is 1.33. The van der Waals surface area contributed by atoms with Crippen molar-refractivity contribution >= 4 is 21.4 Å². The van der Waals surface area contributed by atoms with E-state index in [1.807, 2.05) is 0 Å². The van der Waals surface area contributed by atoms with Crippen molar-refractivity contribution in [1.82, 2.24) is 0 Å². The minimum absolute atomic E-state index is 0.0532. The van der Waals surface area contributed by atoms with Crippen molar-refractivity contribution in [2.24, 2.45) is 0 Å². The highest BCUT2D eigenvalue weighted by molar-refractivity contribution is 7.93. The van der Waals surface area contributed by atoms with Gasteiger partial charge in [0, 0.05) is 0 Å². The zero-order chi connectivity index (χ0) is 8.06. The van der Waals surface area contributed by atoms with E-state index in [1.165, 1.54) is 0 Å². The van der Waals surface area contributed by atoms with Crippen LogP contribution in [0.25, 0.3) is 0 Å². The standard InChI is InChI=1S/C7H11ClO2S/c8-6-3-1-5-2-4-7(6)11(5,9)10/h5-7H,1-4H2. The number of halogens is 1. The molecule has 0 aliphatic carbocycles. The molecule has 2 heterocycles. The topological polar surface area (TPSA) is 34.1 Å². The predicted molar refractivity (Wildman–Crippen MR) is 44.6 cm³/mol. The van der Waals surface area contributed by atoms with Crippen LogP contribution in [0.4, 0.5) is 0 Å². The van der Waals surface area contributed by atoms with Crippen molar-refractivity contribution in [1.29, 1.82) is 0 Å². The SMILES string of the molecule is O=S1(=O)C2CCC(Cl)C1CC2. The van der Waals surface area contributed by atoms with Gasteiger partial charge in [0.05, 0.1) is 15.9 Å². The Kier molecular flexibility index (Phi) is 1.69. The van der Waals surface area contributed by atoms with Gasteiger partial charge in [-0.3, -0.25) is 0 Å². The normalized spacial score (nSPS) is 47.5. The Morgan fingerprint density at radius 1 is 1.09 bits per heavy atom. The maximum absolute atomic E-state index is 11.5. The molecular weight excluding hydrogens is 184 g/mol. The molecule has 0 saturated carbocycles. The van der Waals surface area contributed by atoms with E-state index in [0.717, 1.165) is 25.7 Å². The lowest BCUT2D eigenvalue weighted by Crippen LogP contribution is -2.35. The van der Waals surface area contributed by atoms with Crippen LogP contribution in [0.3, 0.4) is 0 Å². The Bertz CT molecular complexity index is 260. The van der Waals surface area contributed by atoms with Crippen molar-refractivity contribution in [3.05, 3.63) is 0 Å². The van der Waals surface area contributed by atoms with Crippen LogP contribution in [0.15, 0.2) is 0 Å². The van der Waals surface area contributed by atoms with Crippen molar-refractivity contribution in [3.8, 4) is 0 Å². The summed E-state index contributed by atoms with van der Waals surface area (Å²) >= 11 is 5.91. The monoisotopic (exact) mass is 194 g/mol. The fraction of sp³-hybridized carbons (Fsp3) is 1.00. The van der Waals surface area contributed by atoms with Crippen LogP contribution in [0, 0.1) is 0 Å². The Labute approximate surface area is 71.8 Å². The van der Waals surface area contributed by atoms with Crippen LogP contribution in [-0.4, -0.2) is 24.3 Å². The molecule has 0 aromatic rings. The van der Waals surface area contributed by atoms with Crippen LogP contribution in [0.2, 0.25) is 0 Å². The van der Waals surface area contributed by atoms with Gasteiger partial charge in [0.25, 0.3) is 0 Å². The van der Waals surface area contributed by atoms with Gasteiger partial charge in [0.2, 0.25) is 0 Å². The molecule has 0 aromatic heterocycles. The second kappa shape index (κ2) is 2.36. The lowest BCUT2D eigenvalue weighted by molar-refractivity contribution is 0.547. The van der Waals surface area contributed by atoms with E-state index in [0.29, 0.717) is 0 Å². The third kappa shape index (κ3) is 1.01. The molecule has 2 fully saturated rings. The molecule has 2 saturated heterocycles. The molecule has 2 nitrogen and oxygen atoms in total. The molecule has 11 heavy (non-hydrogen) atoms. The first kappa shape index (κ1) is 7.87. The maximum atomic E-state index is 11.5. The zero-order valence-corrected chi connectivity index (χ0v) is 7.74. The highest BCUT2D eigenvalue weighted by Gasteiger charge is 2.47. The Hall–Kier alpha value is 0.240. The van der Waals surface area contributed by atoms with E-state index in [9.17, 15) is 8.42 Å². The van der Waals surface area contributed by atoms with Crippen molar-refractivity contribution < 1.29 is 8.42 Å². The highest BCUT2D eigenvalue weighted by Crippen LogP contribution is 2.40. The summed E-state index contributed by atoms with van der Waals surface area (Å²) in [5, 5.41) is -0.385. The molecule has 3 atom stereocenters. The van der Waals surface area contributed by atoms with E-state index in [4.69, 9.17) is 11.6 Å². The molecule has 0 spiro atoms. The van der Waals surface area contributed by atoms with Gasteiger partial charge in [-0.15, -0.1) is 11.6 Å². The third-order valence-corrected chi connectivity index (χ3v) is 6.31. The average Bonchev–Trinajstić information content (AvgIpc) is 2.15. The Morgan fingerprint density at radius 3 is 2.36 bits per heavy atom. The fourth-order valence-electron chi connectivity index (χ4n) is 2.15. The largest absolute Gasteiger partial charge is 0.228 e. The first-order valence-electron chi connectivity index (χ1n) is 3.99. The molecule has 2 rings (SSSR count). The lowest BCUT2D eigenvalue weighted by Gasteiger charge is -2.23. The average molecular weight is 195 g/mol. The Morgan fingerprint density at radius 2 is 1.73 bits per heavy atom. The summed E-state index contributed by atoms with van der Waals surface area (Å²) in [6, 6.07) is 0. The van der Waals surface area contributed by atoms with E-state index in [2.05, 4.69) is 0 Å². The van der Waals surface area contributed by atoms with Crippen molar-refractivity contribution in [2.75, 3.05) is 0 Å². The molecule has 64 valence electrons. The molecule has 0 N–H and O–H groups in total. The van der Waals surface area contributed by atoms with Gasteiger partial charge >= 0.3 is 0 Å². The number of fused-ring (bicyclic) bond motifs is 2. The minimum atomic E-state index is -2.81. The summed E-state index contributed by atoms with van der Waals surface area (Å²) in [5.74, 6) is 0. The van der Waals surface area contributed by atoms with E-state index < -0.39 is 9.84 Å². The first-order chi connectivity index (χ1) is 5.12. The minimum Gasteiger partial charge on any atom is -0.228 e. The molecule has 0 amide bonds. The number of hydrogen-bond acceptors (Lipinski definition) is 2. The van der Waals surface area contributed by atoms with Gasteiger partial charge in [-0.1, -0.05) is 0 Å². The summed E-state index contributed by atoms with van der Waals surface area (Å²) < 4.78 is 23.0. The number of sulfone groups is 1. The first-order valence-corrected chi connectivity index (χ1v) is 6.04. The second-order valence-electron chi connectivity index (χ2n) is 3.42. The van der Waals surface area contributed by atoms with E-state index in [1.54, 1.807) is 0 Å². The van der Waals surface area contributed by atoms with Gasteiger partial charge < -0.3 is 0 Å². The van der Waals surface area contributed by atoms with Gasteiger partial charge in [-0.25, -0.2) is 8.42 Å². The molecule has 0 aromatic carbocycles. The fourth-order valence-corrected chi connectivity index (χ4v) is 5.27. The summed E-state index contributed by atoms with van der Waals surface area (Å²) in [6.45, 7) is 0. The van der Waals surface area contributed by atoms with Crippen molar-refractivity contribution in [2.45, 2.75) is 41.6 Å².